The molecule has 2 atom stereocenters. The summed E-state index contributed by atoms with van der Waals surface area (Å²) in [5, 5.41) is 0.687. The Morgan fingerprint density at radius 2 is 2.05 bits per heavy atom. The molecule has 1 heterocycles. The van der Waals surface area contributed by atoms with E-state index in [4.69, 9.17) is 4.74 Å². The van der Waals surface area contributed by atoms with Crippen LogP contribution in [0.1, 0.15) is 32.6 Å². The van der Waals surface area contributed by atoms with E-state index < -0.39 is 5.92 Å². The number of morpholine rings is 1. The van der Waals surface area contributed by atoms with Crippen LogP contribution >= 0.6 is 15.9 Å². The molecular weight excluding hydrogens is 320 g/mol. The molecule has 2 fully saturated rings. The van der Waals surface area contributed by atoms with Crippen molar-refractivity contribution in [1.82, 2.24) is 4.90 Å². The Hall–Kier alpha value is -0.230. The summed E-state index contributed by atoms with van der Waals surface area (Å²) in [4.78, 5) is 14.3. The highest BCUT2D eigenvalue weighted by Crippen LogP contribution is 2.37. The van der Waals surface area contributed by atoms with Crippen molar-refractivity contribution in [3.63, 3.8) is 0 Å². The molecule has 0 radical (unpaired) electrons. The summed E-state index contributed by atoms with van der Waals surface area (Å²) in [5.41, 5.74) is 0. The summed E-state index contributed by atoms with van der Waals surface area (Å²) in [7, 11) is 0. The molecule has 6 heteroatoms. The monoisotopic (exact) mass is 339 g/mol. The van der Waals surface area contributed by atoms with E-state index in [0.717, 1.165) is 0 Å². The second kappa shape index (κ2) is 6.04. The first-order valence-electron chi connectivity index (χ1n) is 6.79. The SMILES string of the molecule is CC1COC(CBr)CN1C(=O)C1CCC(F)(F)CC1. The van der Waals surface area contributed by atoms with Crippen LogP contribution in [0.4, 0.5) is 8.78 Å². The number of hydrogen-bond acceptors (Lipinski definition) is 2. The normalized spacial score (nSPS) is 32.3. The first-order valence-corrected chi connectivity index (χ1v) is 7.91. The maximum absolute atomic E-state index is 13.1. The third-order valence-corrected chi connectivity index (χ3v) is 4.75. The fourth-order valence-electron chi connectivity index (χ4n) is 2.74. The summed E-state index contributed by atoms with van der Waals surface area (Å²) >= 11 is 3.36. The molecule has 0 aromatic carbocycles. The van der Waals surface area contributed by atoms with Gasteiger partial charge in [-0.3, -0.25) is 4.79 Å². The van der Waals surface area contributed by atoms with Crippen LogP contribution in [-0.4, -0.2) is 47.4 Å². The fourth-order valence-corrected chi connectivity index (χ4v) is 3.13. The Bertz CT molecular complexity index is 331. The van der Waals surface area contributed by atoms with E-state index in [2.05, 4.69) is 15.9 Å². The molecule has 3 nitrogen and oxygen atoms in total. The van der Waals surface area contributed by atoms with Gasteiger partial charge in [0.05, 0.1) is 18.8 Å². The number of rotatable bonds is 2. The minimum absolute atomic E-state index is 0.00480. The van der Waals surface area contributed by atoms with Gasteiger partial charge in [0.2, 0.25) is 11.8 Å². The van der Waals surface area contributed by atoms with Gasteiger partial charge in [-0.15, -0.1) is 0 Å². The second-order valence-electron chi connectivity index (χ2n) is 5.58. The molecule has 19 heavy (non-hydrogen) atoms. The third kappa shape index (κ3) is 3.66. The van der Waals surface area contributed by atoms with E-state index in [9.17, 15) is 13.6 Å². The average molecular weight is 340 g/mol. The molecule has 0 aromatic heterocycles. The minimum Gasteiger partial charge on any atom is -0.373 e. The largest absolute Gasteiger partial charge is 0.373 e. The minimum atomic E-state index is -2.58. The lowest BCUT2D eigenvalue weighted by Gasteiger charge is -2.40. The van der Waals surface area contributed by atoms with Gasteiger partial charge in [0.1, 0.15) is 0 Å². The van der Waals surface area contributed by atoms with E-state index in [1.54, 1.807) is 0 Å². The van der Waals surface area contributed by atoms with Crippen molar-refractivity contribution in [3.8, 4) is 0 Å². The molecule has 2 unspecified atom stereocenters. The first kappa shape index (κ1) is 15.2. The van der Waals surface area contributed by atoms with Crippen LogP contribution in [-0.2, 0) is 9.53 Å². The number of carbonyl (C=O) groups is 1. The van der Waals surface area contributed by atoms with E-state index in [-0.39, 0.29) is 36.8 Å². The Labute approximate surface area is 120 Å². The van der Waals surface area contributed by atoms with Gasteiger partial charge in [-0.1, -0.05) is 15.9 Å². The van der Waals surface area contributed by atoms with Gasteiger partial charge in [-0.25, -0.2) is 8.78 Å². The molecule has 0 N–H and O–H groups in total. The molecule has 1 amide bonds. The van der Waals surface area contributed by atoms with Crippen molar-refractivity contribution in [2.75, 3.05) is 18.5 Å². The lowest BCUT2D eigenvalue weighted by Crippen LogP contribution is -2.53. The molecule has 1 saturated carbocycles. The van der Waals surface area contributed by atoms with Crippen LogP contribution < -0.4 is 0 Å². The Morgan fingerprint density at radius 3 is 2.63 bits per heavy atom. The van der Waals surface area contributed by atoms with Crippen molar-refractivity contribution in [3.05, 3.63) is 0 Å². The lowest BCUT2D eigenvalue weighted by molar-refractivity contribution is -0.151. The highest BCUT2D eigenvalue weighted by Gasteiger charge is 2.40. The predicted molar refractivity (Wildman–Crippen MR) is 71.6 cm³/mol. The second-order valence-corrected chi connectivity index (χ2v) is 6.23. The van der Waals surface area contributed by atoms with Gasteiger partial charge >= 0.3 is 0 Å². The zero-order valence-corrected chi connectivity index (χ0v) is 12.7. The molecule has 0 aromatic rings. The van der Waals surface area contributed by atoms with Gasteiger partial charge in [0.25, 0.3) is 0 Å². The van der Waals surface area contributed by atoms with Crippen molar-refractivity contribution < 1.29 is 18.3 Å². The van der Waals surface area contributed by atoms with E-state index in [1.165, 1.54) is 0 Å². The Balaban J connectivity index is 1.95. The number of amides is 1. The van der Waals surface area contributed by atoms with Gasteiger partial charge in [-0.2, -0.15) is 0 Å². The molecule has 110 valence electrons. The fraction of sp³-hybridized carbons (Fsp3) is 0.923. The van der Waals surface area contributed by atoms with Crippen LogP contribution in [0.15, 0.2) is 0 Å². The number of ether oxygens (including phenoxy) is 1. The summed E-state index contributed by atoms with van der Waals surface area (Å²) in [5.74, 6) is -2.79. The average Bonchev–Trinajstić information content (AvgIpc) is 2.38. The van der Waals surface area contributed by atoms with Gasteiger partial charge in [-0.05, 0) is 19.8 Å². The number of alkyl halides is 3. The number of nitrogens with zero attached hydrogens (tertiary/aromatic N) is 1. The molecule has 1 aliphatic heterocycles. The van der Waals surface area contributed by atoms with Gasteiger partial charge < -0.3 is 9.64 Å². The quantitative estimate of drug-likeness (QED) is 0.724. The van der Waals surface area contributed by atoms with E-state index in [1.807, 2.05) is 11.8 Å². The maximum Gasteiger partial charge on any atom is 0.248 e. The molecule has 1 saturated heterocycles. The van der Waals surface area contributed by atoms with Crippen LogP contribution in [0.3, 0.4) is 0 Å². The Kier molecular flexibility index (Phi) is 4.82. The van der Waals surface area contributed by atoms with Gasteiger partial charge in [0, 0.05) is 30.6 Å². The van der Waals surface area contributed by atoms with E-state index >= 15 is 0 Å². The van der Waals surface area contributed by atoms with Gasteiger partial charge in [0.15, 0.2) is 0 Å². The van der Waals surface area contributed by atoms with E-state index in [0.29, 0.717) is 31.3 Å². The summed E-state index contributed by atoms with van der Waals surface area (Å²) in [6.07, 6.45) is 0.280. The van der Waals surface area contributed by atoms with Crippen LogP contribution in [0.2, 0.25) is 0 Å². The molecule has 1 aliphatic carbocycles. The molecule has 0 bridgehead atoms. The molecule has 2 rings (SSSR count). The zero-order chi connectivity index (χ0) is 14.0. The van der Waals surface area contributed by atoms with Crippen molar-refractivity contribution in [1.29, 1.82) is 0 Å². The summed E-state index contributed by atoms with van der Waals surface area (Å²) < 4.78 is 31.8. The topological polar surface area (TPSA) is 29.5 Å². The zero-order valence-electron chi connectivity index (χ0n) is 11.1. The van der Waals surface area contributed by atoms with Crippen LogP contribution in [0.25, 0.3) is 0 Å². The highest BCUT2D eigenvalue weighted by atomic mass is 79.9. The molecular formula is C13H20BrF2NO2. The molecule has 0 spiro atoms. The highest BCUT2D eigenvalue weighted by molar-refractivity contribution is 9.09. The van der Waals surface area contributed by atoms with Crippen molar-refractivity contribution in [2.45, 2.75) is 50.7 Å². The van der Waals surface area contributed by atoms with Crippen LogP contribution in [0.5, 0.6) is 0 Å². The number of carbonyl (C=O) groups excluding carboxylic acids is 1. The summed E-state index contributed by atoms with van der Waals surface area (Å²) in [6, 6.07) is 0.0326. The lowest BCUT2D eigenvalue weighted by atomic mass is 9.85. The molecule has 2 aliphatic rings. The first-order chi connectivity index (χ1) is 8.93. The maximum atomic E-state index is 13.1. The number of hydrogen-bond donors (Lipinski definition) is 0. The standard InChI is InChI=1S/C13H20BrF2NO2/c1-9-8-19-11(6-14)7-17(9)12(18)10-2-4-13(15,16)5-3-10/h9-11H,2-8H2,1H3. The third-order valence-electron chi connectivity index (χ3n) is 4.03. The van der Waals surface area contributed by atoms with Crippen molar-refractivity contribution >= 4 is 21.8 Å². The van der Waals surface area contributed by atoms with Crippen LogP contribution in [0, 0.1) is 5.92 Å². The Morgan fingerprint density at radius 1 is 1.42 bits per heavy atom. The van der Waals surface area contributed by atoms with Crippen molar-refractivity contribution in [2.24, 2.45) is 5.92 Å². The number of halogens is 3. The predicted octanol–water partition coefficient (Wildman–Crippen LogP) is 2.82. The smallest absolute Gasteiger partial charge is 0.248 e. The summed E-state index contributed by atoms with van der Waals surface area (Å²) in [6.45, 7) is 3.02.